The van der Waals surface area contributed by atoms with Crippen LogP contribution in [0.1, 0.15) is 33.1 Å². The molecule has 2 unspecified atom stereocenters. The standard InChI is InChI=1S/C14H22N/c1-12(2)14-7-6-13(10-14)11-15-8-4-3-5-9-15/h3-5,8-9,12-14H,6-7,10-11H2,1-2H3/q+1. The zero-order valence-electron chi connectivity index (χ0n) is 9.89. The fourth-order valence-electron chi connectivity index (χ4n) is 2.74. The summed E-state index contributed by atoms with van der Waals surface area (Å²) in [6.07, 6.45) is 8.66. The van der Waals surface area contributed by atoms with Gasteiger partial charge in [0.1, 0.15) is 0 Å². The Balaban J connectivity index is 1.88. The molecule has 0 bridgehead atoms. The Hall–Kier alpha value is -0.850. The first-order valence-corrected chi connectivity index (χ1v) is 6.20. The average Bonchev–Trinajstić information content (AvgIpc) is 2.68. The SMILES string of the molecule is CC(C)C1CCC(C[n+]2ccccc2)C1. The fraction of sp³-hybridized carbons (Fsp3) is 0.643. The van der Waals surface area contributed by atoms with Crippen molar-refractivity contribution in [1.82, 2.24) is 0 Å². The van der Waals surface area contributed by atoms with Crippen molar-refractivity contribution in [2.24, 2.45) is 17.8 Å². The van der Waals surface area contributed by atoms with Gasteiger partial charge < -0.3 is 0 Å². The van der Waals surface area contributed by atoms with Crippen LogP contribution in [0.2, 0.25) is 0 Å². The highest BCUT2D eigenvalue weighted by Gasteiger charge is 2.28. The van der Waals surface area contributed by atoms with E-state index in [1.54, 1.807) is 0 Å². The molecule has 15 heavy (non-hydrogen) atoms. The minimum Gasteiger partial charge on any atom is -0.205 e. The van der Waals surface area contributed by atoms with Gasteiger partial charge in [0.2, 0.25) is 0 Å². The number of aromatic nitrogens is 1. The topological polar surface area (TPSA) is 3.88 Å². The van der Waals surface area contributed by atoms with Gasteiger partial charge >= 0.3 is 0 Å². The van der Waals surface area contributed by atoms with Crippen molar-refractivity contribution >= 4 is 0 Å². The second kappa shape index (κ2) is 4.78. The first kappa shape index (κ1) is 10.7. The zero-order valence-corrected chi connectivity index (χ0v) is 9.89. The Bertz CT molecular complexity index is 291. The highest BCUT2D eigenvalue weighted by atomic mass is 14.9. The lowest BCUT2D eigenvalue weighted by Gasteiger charge is -2.13. The molecule has 0 N–H and O–H groups in total. The lowest BCUT2D eigenvalue weighted by molar-refractivity contribution is -0.703. The average molecular weight is 204 g/mol. The van der Waals surface area contributed by atoms with Crippen molar-refractivity contribution < 1.29 is 4.57 Å². The van der Waals surface area contributed by atoms with Crippen LogP contribution in [-0.4, -0.2) is 0 Å². The van der Waals surface area contributed by atoms with Crippen LogP contribution in [0, 0.1) is 17.8 Å². The van der Waals surface area contributed by atoms with E-state index in [9.17, 15) is 0 Å². The number of nitrogens with zero attached hydrogens (tertiary/aromatic N) is 1. The molecule has 1 nitrogen and oxygen atoms in total. The third-order valence-corrected chi connectivity index (χ3v) is 3.77. The highest BCUT2D eigenvalue weighted by molar-refractivity contribution is 4.84. The predicted molar refractivity (Wildman–Crippen MR) is 62.3 cm³/mol. The molecule has 0 spiro atoms. The molecule has 0 radical (unpaired) electrons. The van der Waals surface area contributed by atoms with E-state index in [-0.39, 0.29) is 0 Å². The van der Waals surface area contributed by atoms with Crippen LogP contribution in [0.3, 0.4) is 0 Å². The first-order valence-electron chi connectivity index (χ1n) is 6.20. The van der Waals surface area contributed by atoms with E-state index in [4.69, 9.17) is 0 Å². The van der Waals surface area contributed by atoms with E-state index < -0.39 is 0 Å². The Morgan fingerprint density at radius 3 is 2.47 bits per heavy atom. The summed E-state index contributed by atoms with van der Waals surface area (Å²) in [4.78, 5) is 0. The largest absolute Gasteiger partial charge is 0.205 e. The maximum Gasteiger partial charge on any atom is 0.168 e. The molecular weight excluding hydrogens is 182 g/mol. The Morgan fingerprint density at radius 1 is 1.13 bits per heavy atom. The van der Waals surface area contributed by atoms with Gasteiger partial charge in [-0.15, -0.1) is 0 Å². The van der Waals surface area contributed by atoms with Crippen LogP contribution in [0.5, 0.6) is 0 Å². The minimum absolute atomic E-state index is 0.871. The van der Waals surface area contributed by atoms with Crippen LogP contribution >= 0.6 is 0 Å². The molecule has 1 heterocycles. The van der Waals surface area contributed by atoms with E-state index in [0.717, 1.165) is 17.8 Å². The van der Waals surface area contributed by atoms with Crippen molar-refractivity contribution in [2.75, 3.05) is 0 Å². The van der Waals surface area contributed by atoms with Crippen molar-refractivity contribution in [1.29, 1.82) is 0 Å². The molecule has 0 amide bonds. The van der Waals surface area contributed by atoms with Crippen molar-refractivity contribution in [2.45, 2.75) is 39.7 Å². The first-order chi connectivity index (χ1) is 7.25. The van der Waals surface area contributed by atoms with Gasteiger partial charge in [-0.1, -0.05) is 19.9 Å². The Kier molecular flexibility index (Phi) is 3.40. The van der Waals surface area contributed by atoms with Gasteiger partial charge in [-0.25, -0.2) is 4.57 Å². The van der Waals surface area contributed by atoms with Crippen molar-refractivity contribution in [3.8, 4) is 0 Å². The Morgan fingerprint density at radius 2 is 1.87 bits per heavy atom. The van der Waals surface area contributed by atoms with Gasteiger partial charge in [0.05, 0.1) is 0 Å². The Labute approximate surface area is 93.1 Å². The molecule has 0 saturated heterocycles. The molecule has 1 saturated carbocycles. The van der Waals surface area contributed by atoms with Gasteiger partial charge in [-0.2, -0.15) is 0 Å². The number of rotatable bonds is 3. The summed E-state index contributed by atoms with van der Waals surface area (Å²) in [6, 6.07) is 6.33. The summed E-state index contributed by atoms with van der Waals surface area (Å²) >= 11 is 0. The summed E-state index contributed by atoms with van der Waals surface area (Å²) in [5.74, 6) is 2.75. The second-order valence-electron chi connectivity index (χ2n) is 5.26. The normalized spacial score (nSPS) is 26.1. The van der Waals surface area contributed by atoms with Gasteiger partial charge in [0.25, 0.3) is 0 Å². The van der Waals surface area contributed by atoms with E-state index in [1.807, 2.05) is 0 Å². The molecule has 1 aliphatic rings. The second-order valence-corrected chi connectivity index (χ2v) is 5.26. The summed E-state index contributed by atoms with van der Waals surface area (Å²) in [6.45, 7) is 5.94. The van der Waals surface area contributed by atoms with Crippen LogP contribution in [0.15, 0.2) is 30.6 Å². The molecule has 0 aliphatic heterocycles. The number of hydrogen-bond donors (Lipinski definition) is 0. The molecular formula is C14H22N+. The maximum absolute atomic E-state index is 2.36. The molecule has 1 heteroatoms. The van der Waals surface area contributed by atoms with Crippen LogP contribution in [0.25, 0.3) is 0 Å². The molecule has 1 aromatic heterocycles. The van der Waals surface area contributed by atoms with E-state index >= 15 is 0 Å². The number of pyridine rings is 1. The molecule has 2 atom stereocenters. The molecule has 82 valence electrons. The van der Waals surface area contributed by atoms with E-state index in [2.05, 4.69) is 49.0 Å². The highest BCUT2D eigenvalue weighted by Crippen LogP contribution is 2.35. The van der Waals surface area contributed by atoms with Crippen LogP contribution in [0.4, 0.5) is 0 Å². The minimum atomic E-state index is 0.871. The molecule has 2 rings (SSSR count). The smallest absolute Gasteiger partial charge is 0.168 e. The van der Waals surface area contributed by atoms with Gasteiger partial charge in [-0.05, 0) is 31.1 Å². The molecule has 1 aromatic rings. The number of hydrogen-bond acceptors (Lipinski definition) is 0. The van der Waals surface area contributed by atoms with E-state index in [0.29, 0.717) is 0 Å². The summed E-state index contributed by atoms with van der Waals surface area (Å²) in [5, 5.41) is 0. The van der Waals surface area contributed by atoms with Gasteiger partial charge in [0, 0.05) is 18.1 Å². The van der Waals surface area contributed by atoms with Crippen LogP contribution in [-0.2, 0) is 6.54 Å². The molecule has 1 aliphatic carbocycles. The predicted octanol–water partition coefficient (Wildman–Crippen LogP) is 3.05. The molecule has 1 fully saturated rings. The van der Waals surface area contributed by atoms with Crippen molar-refractivity contribution in [3.05, 3.63) is 30.6 Å². The van der Waals surface area contributed by atoms with Gasteiger partial charge in [0.15, 0.2) is 18.9 Å². The zero-order chi connectivity index (χ0) is 10.7. The third kappa shape index (κ3) is 2.80. The fourth-order valence-corrected chi connectivity index (χ4v) is 2.74. The summed E-state index contributed by atoms with van der Waals surface area (Å²) in [7, 11) is 0. The monoisotopic (exact) mass is 204 g/mol. The lowest BCUT2D eigenvalue weighted by atomic mass is 9.93. The van der Waals surface area contributed by atoms with E-state index in [1.165, 1.54) is 25.8 Å². The van der Waals surface area contributed by atoms with Gasteiger partial charge in [-0.3, -0.25) is 0 Å². The maximum atomic E-state index is 2.36. The third-order valence-electron chi connectivity index (χ3n) is 3.77. The quantitative estimate of drug-likeness (QED) is 0.666. The molecule has 0 aromatic carbocycles. The van der Waals surface area contributed by atoms with Crippen LogP contribution < -0.4 is 4.57 Å². The summed E-state index contributed by atoms with van der Waals surface area (Å²) in [5.41, 5.74) is 0. The lowest BCUT2D eigenvalue weighted by Crippen LogP contribution is -2.35. The van der Waals surface area contributed by atoms with Crippen molar-refractivity contribution in [3.63, 3.8) is 0 Å². The summed E-state index contributed by atoms with van der Waals surface area (Å²) < 4.78 is 2.33.